The van der Waals surface area contributed by atoms with E-state index in [0.29, 0.717) is 18.9 Å². The first-order valence-electron chi connectivity index (χ1n) is 5.46. The Bertz CT molecular complexity index is 314. The molecule has 0 saturated heterocycles. The molecule has 0 aromatic carbocycles. The number of thiophene rings is 1. The summed E-state index contributed by atoms with van der Waals surface area (Å²) in [6.45, 7) is 2.59. The molecule has 1 fully saturated rings. The maximum absolute atomic E-state index is 12.0. The number of ketones is 1. The van der Waals surface area contributed by atoms with Crippen LogP contribution in [0.3, 0.4) is 0 Å². The van der Waals surface area contributed by atoms with Gasteiger partial charge in [0.15, 0.2) is 5.78 Å². The summed E-state index contributed by atoms with van der Waals surface area (Å²) in [6.07, 6.45) is 2.69. The molecule has 82 valence electrons. The fourth-order valence-electron chi connectivity index (χ4n) is 1.77. The van der Waals surface area contributed by atoms with Gasteiger partial charge in [-0.25, -0.2) is 0 Å². The largest absolute Gasteiger partial charge is 0.370 e. The third kappa shape index (κ3) is 2.89. The van der Waals surface area contributed by atoms with Gasteiger partial charge in [0.2, 0.25) is 0 Å². The van der Waals surface area contributed by atoms with Crippen LogP contribution in [0.4, 0.5) is 0 Å². The van der Waals surface area contributed by atoms with Gasteiger partial charge >= 0.3 is 0 Å². The van der Waals surface area contributed by atoms with Crippen molar-refractivity contribution >= 4 is 17.1 Å². The molecule has 1 unspecified atom stereocenters. The summed E-state index contributed by atoms with van der Waals surface area (Å²) in [7, 11) is 0. The quantitative estimate of drug-likeness (QED) is 0.742. The van der Waals surface area contributed by atoms with Crippen molar-refractivity contribution in [1.29, 1.82) is 0 Å². The molecule has 0 spiro atoms. The molecule has 1 aromatic heterocycles. The van der Waals surface area contributed by atoms with Crippen molar-refractivity contribution in [2.45, 2.75) is 32.3 Å². The first-order chi connectivity index (χ1) is 7.31. The van der Waals surface area contributed by atoms with Gasteiger partial charge < -0.3 is 4.74 Å². The van der Waals surface area contributed by atoms with Crippen molar-refractivity contribution in [3.8, 4) is 0 Å². The second-order valence-corrected chi connectivity index (χ2v) is 4.77. The highest BCUT2D eigenvalue weighted by Gasteiger charge is 2.36. The van der Waals surface area contributed by atoms with Crippen molar-refractivity contribution in [3.05, 3.63) is 22.4 Å². The molecule has 0 N–H and O–H groups in total. The Labute approximate surface area is 94.3 Å². The van der Waals surface area contributed by atoms with E-state index >= 15 is 0 Å². The lowest BCUT2D eigenvalue weighted by Crippen LogP contribution is -2.28. The molecule has 0 aliphatic heterocycles. The van der Waals surface area contributed by atoms with E-state index in [4.69, 9.17) is 4.74 Å². The van der Waals surface area contributed by atoms with E-state index in [0.717, 1.165) is 18.4 Å². The highest BCUT2D eigenvalue weighted by atomic mass is 32.1. The highest BCUT2D eigenvalue weighted by Crippen LogP contribution is 2.35. The van der Waals surface area contributed by atoms with Gasteiger partial charge in [-0.15, -0.1) is 0 Å². The van der Waals surface area contributed by atoms with Crippen LogP contribution >= 0.6 is 11.3 Å². The lowest BCUT2D eigenvalue weighted by atomic mass is 10.0. The molecule has 2 nitrogen and oxygen atoms in total. The first-order valence-corrected chi connectivity index (χ1v) is 6.41. The summed E-state index contributed by atoms with van der Waals surface area (Å²) >= 11 is 1.64. The lowest BCUT2D eigenvalue weighted by Gasteiger charge is -2.14. The standard InChI is InChI=1S/C12H16O2S/c1-2-14-12(10-3-4-10)11(13)7-9-5-6-15-8-9/h5-6,8,10,12H,2-4,7H2,1H3. The van der Waals surface area contributed by atoms with Crippen LogP contribution in [0.1, 0.15) is 25.3 Å². The molecular weight excluding hydrogens is 208 g/mol. The Hall–Kier alpha value is -0.670. The molecule has 1 aliphatic carbocycles. The summed E-state index contributed by atoms with van der Waals surface area (Å²) in [4.78, 5) is 12.0. The Kier molecular flexibility index (Phi) is 3.54. The zero-order chi connectivity index (χ0) is 10.7. The van der Waals surface area contributed by atoms with E-state index in [9.17, 15) is 4.79 Å². The van der Waals surface area contributed by atoms with Crippen LogP contribution in [0.15, 0.2) is 16.8 Å². The molecule has 15 heavy (non-hydrogen) atoms. The number of carbonyl (C=O) groups is 1. The molecule has 1 saturated carbocycles. The lowest BCUT2D eigenvalue weighted by molar-refractivity contribution is -0.130. The van der Waals surface area contributed by atoms with Crippen molar-refractivity contribution in [2.24, 2.45) is 5.92 Å². The van der Waals surface area contributed by atoms with E-state index in [-0.39, 0.29) is 11.9 Å². The summed E-state index contributed by atoms with van der Waals surface area (Å²) in [5, 5.41) is 4.04. The average Bonchev–Trinajstić information content (AvgIpc) is 2.93. The van der Waals surface area contributed by atoms with E-state index in [1.807, 2.05) is 23.8 Å². The van der Waals surface area contributed by atoms with Crippen molar-refractivity contribution in [3.63, 3.8) is 0 Å². The SMILES string of the molecule is CCOC(C(=O)Cc1ccsc1)C1CC1. The minimum atomic E-state index is -0.144. The van der Waals surface area contributed by atoms with Gasteiger partial charge in [0.1, 0.15) is 6.10 Å². The number of carbonyl (C=O) groups excluding carboxylic acids is 1. The molecule has 3 heteroatoms. The van der Waals surface area contributed by atoms with Gasteiger partial charge in [-0.05, 0) is 48.1 Å². The van der Waals surface area contributed by atoms with Crippen molar-refractivity contribution in [2.75, 3.05) is 6.61 Å². The van der Waals surface area contributed by atoms with Crippen molar-refractivity contribution in [1.82, 2.24) is 0 Å². The van der Waals surface area contributed by atoms with Crippen LogP contribution in [0.5, 0.6) is 0 Å². The van der Waals surface area contributed by atoms with Gasteiger partial charge in [-0.1, -0.05) is 0 Å². The predicted molar refractivity (Wildman–Crippen MR) is 61.2 cm³/mol. The summed E-state index contributed by atoms with van der Waals surface area (Å²) < 4.78 is 5.53. The van der Waals surface area contributed by atoms with Gasteiger partial charge in [0.25, 0.3) is 0 Å². The van der Waals surface area contributed by atoms with Crippen LogP contribution in [0.2, 0.25) is 0 Å². The van der Waals surface area contributed by atoms with Gasteiger partial charge in [0.05, 0.1) is 0 Å². The number of Topliss-reactive ketones (excluding diaryl/α,β-unsaturated/α-hetero) is 1. The number of rotatable bonds is 6. The normalized spacial score (nSPS) is 17.7. The molecular formula is C12H16O2S. The monoisotopic (exact) mass is 224 g/mol. The summed E-state index contributed by atoms with van der Waals surface area (Å²) in [6, 6.07) is 2.01. The highest BCUT2D eigenvalue weighted by molar-refractivity contribution is 7.07. The van der Waals surface area contributed by atoms with E-state index in [1.54, 1.807) is 11.3 Å². The molecule has 2 rings (SSSR count). The van der Waals surface area contributed by atoms with Crippen molar-refractivity contribution < 1.29 is 9.53 Å². The Morgan fingerprint density at radius 3 is 3.00 bits per heavy atom. The first kappa shape index (κ1) is 10.8. The Morgan fingerprint density at radius 2 is 2.47 bits per heavy atom. The van der Waals surface area contributed by atoms with Crippen LogP contribution < -0.4 is 0 Å². The van der Waals surface area contributed by atoms with Gasteiger partial charge in [-0.2, -0.15) is 11.3 Å². The predicted octanol–water partition coefficient (Wildman–Crippen LogP) is 2.67. The third-order valence-corrected chi connectivity index (χ3v) is 3.40. The van der Waals surface area contributed by atoms with Crippen LogP contribution in [0, 0.1) is 5.92 Å². The third-order valence-electron chi connectivity index (χ3n) is 2.67. The Balaban J connectivity index is 1.92. The van der Waals surface area contributed by atoms with E-state index in [1.165, 1.54) is 0 Å². The summed E-state index contributed by atoms with van der Waals surface area (Å²) in [5.41, 5.74) is 1.12. The van der Waals surface area contributed by atoms with Crippen LogP contribution in [0.25, 0.3) is 0 Å². The maximum Gasteiger partial charge on any atom is 0.166 e. The maximum atomic E-state index is 12.0. The zero-order valence-electron chi connectivity index (χ0n) is 8.94. The fourth-order valence-corrected chi connectivity index (χ4v) is 2.43. The molecule has 1 aromatic rings. The van der Waals surface area contributed by atoms with Crippen LogP contribution in [-0.4, -0.2) is 18.5 Å². The molecule has 1 heterocycles. The van der Waals surface area contributed by atoms with E-state index in [2.05, 4.69) is 0 Å². The summed E-state index contributed by atoms with van der Waals surface area (Å²) in [5.74, 6) is 0.744. The second kappa shape index (κ2) is 4.90. The Morgan fingerprint density at radius 1 is 1.67 bits per heavy atom. The molecule has 1 atom stereocenters. The zero-order valence-corrected chi connectivity index (χ0v) is 9.76. The molecule has 0 radical (unpaired) electrons. The molecule has 0 amide bonds. The number of ether oxygens (including phenoxy) is 1. The second-order valence-electron chi connectivity index (χ2n) is 3.99. The van der Waals surface area contributed by atoms with Gasteiger partial charge in [0, 0.05) is 13.0 Å². The number of hydrogen-bond donors (Lipinski definition) is 0. The average molecular weight is 224 g/mol. The molecule has 1 aliphatic rings. The number of hydrogen-bond acceptors (Lipinski definition) is 3. The minimum absolute atomic E-state index is 0.144. The van der Waals surface area contributed by atoms with Gasteiger partial charge in [-0.3, -0.25) is 4.79 Å². The van der Waals surface area contributed by atoms with Crippen LogP contribution in [-0.2, 0) is 16.0 Å². The van der Waals surface area contributed by atoms with E-state index < -0.39 is 0 Å². The minimum Gasteiger partial charge on any atom is -0.370 e. The molecule has 0 bridgehead atoms. The smallest absolute Gasteiger partial charge is 0.166 e. The fraction of sp³-hybridized carbons (Fsp3) is 0.583. The topological polar surface area (TPSA) is 26.3 Å².